The Morgan fingerprint density at radius 3 is 2.41 bits per heavy atom. The van der Waals surface area contributed by atoms with Gasteiger partial charge in [0, 0.05) is 18.8 Å². The number of benzene rings is 1. The molecule has 1 atom stereocenters. The van der Waals surface area contributed by atoms with Crippen molar-refractivity contribution in [2.24, 2.45) is 0 Å². The van der Waals surface area contributed by atoms with Crippen LogP contribution < -0.4 is 9.39 Å². The first kappa shape index (κ1) is 20.3. The van der Waals surface area contributed by atoms with Gasteiger partial charge in [-0.15, -0.1) is 0 Å². The summed E-state index contributed by atoms with van der Waals surface area (Å²) < 4.78 is 10.2. The highest BCUT2D eigenvalue weighted by atomic mass is 16.5. The van der Waals surface area contributed by atoms with Gasteiger partial charge in [0.2, 0.25) is 0 Å². The summed E-state index contributed by atoms with van der Waals surface area (Å²) in [5.74, 6) is -1.31. The van der Waals surface area contributed by atoms with Gasteiger partial charge in [0.25, 0.3) is 0 Å². The standard InChI is InChI=1S/C11H13BO6.2C2H6/c1-17-8-3-2-7-6(5-13)4-12(16)18-10(7)9(8)11(14)15;2*1-2/h2-3,6,13,16H,4-5H2,1H3,(H,14,15);2*1-2H3. The van der Waals surface area contributed by atoms with Crippen LogP contribution in [0.3, 0.4) is 0 Å². The van der Waals surface area contributed by atoms with Gasteiger partial charge in [-0.05, 0) is 11.6 Å². The van der Waals surface area contributed by atoms with Crippen LogP contribution in [0.4, 0.5) is 0 Å². The number of ether oxygens (including phenoxy) is 1. The molecule has 6 nitrogen and oxygen atoms in total. The van der Waals surface area contributed by atoms with Gasteiger partial charge < -0.3 is 24.6 Å². The van der Waals surface area contributed by atoms with Crippen molar-refractivity contribution < 1.29 is 29.4 Å². The summed E-state index contributed by atoms with van der Waals surface area (Å²) in [5.41, 5.74) is 0.438. The highest BCUT2D eigenvalue weighted by Crippen LogP contribution is 2.41. The first-order valence-corrected chi connectivity index (χ1v) is 7.48. The Labute approximate surface area is 131 Å². The van der Waals surface area contributed by atoms with Crippen LogP contribution in [0.15, 0.2) is 12.1 Å². The molecule has 3 N–H and O–H groups in total. The molecular formula is C15H25BO6. The van der Waals surface area contributed by atoms with Gasteiger partial charge in [0.1, 0.15) is 17.1 Å². The third kappa shape index (κ3) is 4.38. The van der Waals surface area contributed by atoms with E-state index in [9.17, 15) is 20.0 Å². The largest absolute Gasteiger partial charge is 0.535 e. The Bertz CT molecular complexity index is 477. The van der Waals surface area contributed by atoms with Crippen molar-refractivity contribution in [2.45, 2.75) is 39.9 Å². The average Bonchev–Trinajstić information content (AvgIpc) is 2.56. The van der Waals surface area contributed by atoms with Crippen molar-refractivity contribution in [3.8, 4) is 11.5 Å². The molecule has 0 spiro atoms. The lowest BCUT2D eigenvalue weighted by Crippen LogP contribution is -2.31. The maximum absolute atomic E-state index is 11.3. The zero-order chi connectivity index (χ0) is 17.3. The molecule has 0 aromatic heterocycles. The number of methoxy groups -OCH3 is 1. The number of rotatable bonds is 3. The molecule has 0 aliphatic carbocycles. The maximum atomic E-state index is 11.3. The van der Waals surface area contributed by atoms with Crippen molar-refractivity contribution in [1.29, 1.82) is 0 Å². The van der Waals surface area contributed by atoms with E-state index in [1.54, 1.807) is 6.07 Å². The van der Waals surface area contributed by atoms with Crippen molar-refractivity contribution in [3.63, 3.8) is 0 Å². The molecule has 1 aromatic rings. The van der Waals surface area contributed by atoms with Crippen LogP contribution >= 0.6 is 0 Å². The van der Waals surface area contributed by atoms with Crippen molar-refractivity contribution >= 4 is 13.1 Å². The third-order valence-corrected chi connectivity index (χ3v) is 2.98. The molecule has 2 rings (SSSR count). The molecule has 0 amide bonds. The van der Waals surface area contributed by atoms with E-state index in [0.717, 1.165) is 0 Å². The van der Waals surface area contributed by atoms with E-state index in [4.69, 9.17) is 9.39 Å². The molecule has 124 valence electrons. The first-order valence-electron chi connectivity index (χ1n) is 7.48. The lowest BCUT2D eigenvalue weighted by Gasteiger charge is -2.28. The number of aliphatic hydroxyl groups excluding tert-OH is 1. The molecule has 22 heavy (non-hydrogen) atoms. The number of carbonyl (C=O) groups is 1. The Kier molecular flexibility index (Phi) is 9.29. The second kappa shape index (κ2) is 10.1. The second-order valence-electron chi connectivity index (χ2n) is 4.05. The highest BCUT2D eigenvalue weighted by molar-refractivity contribution is 6.44. The molecule has 1 aromatic carbocycles. The average molecular weight is 312 g/mol. The van der Waals surface area contributed by atoms with E-state index in [2.05, 4.69) is 0 Å². The van der Waals surface area contributed by atoms with Gasteiger partial charge in [0.15, 0.2) is 0 Å². The molecular weight excluding hydrogens is 287 g/mol. The normalized spacial score (nSPS) is 15.2. The maximum Gasteiger partial charge on any atom is 0.523 e. The molecule has 0 fully saturated rings. The Hall–Kier alpha value is -1.73. The summed E-state index contributed by atoms with van der Waals surface area (Å²) in [6.07, 6.45) is 0.231. The molecule has 1 aliphatic heterocycles. The summed E-state index contributed by atoms with van der Waals surface area (Å²) >= 11 is 0. The molecule has 1 aliphatic rings. The SMILES string of the molecule is CC.CC.COc1ccc2c(c1C(=O)O)OB(O)CC2CO. The number of carboxylic acid groups (broad SMARTS) is 1. The van der Waals surface area contributed by atoms with E-state index < -0.39 is 13.1 Å². The van der Waals surface area contributed by atoms with Crippen LogP contribution in [0.25, 0.3) is 0 Å². The van der Waals surface area contributed by atoms with E-state index in [-0.39, 0.29) is 35.9 Å². The fourth-order valence-electron chi connectivity index (χ4n) is 2.13. The van der Waals surface area contributed by atoms with Crippen LogP contribution in [-0.4, -0.2) is 42.0 Å². The number of carboxylic acids is 1. The van der Waals surface area contributed by atoms with E-state index in [1.165, 1.54) is 13.2 Å². The summed E-state index contributed by atoms with van der Waals surface area (Å²) in [7, 11) is 0.233. The monoisotopic (exact) mass is 312 g/mol. The summed E-state index contributed by atoms with van der Waals surface area (Å²) in [6.45, 7) is 7.82. The quantitative estimate of drug-likeness (QED) is 0.742. The van der Waals surface area contributed by atoms with Gasteiger partial charge >= 0.3 is 13.1 Å². The zero-order valence-electron chi connectivity index (χ0n) is 13.8. The van der Waals surface area contributed by atoms with Crippen LogP contribution in [0.1, 0.15) is 49.5 Å². The predicted octanol–water partition coefficient (Wildman–Crippen LogP) is 2.39. The second-order valence-corrected chi connectivity index (χ2v) is 4.05. The Balaban J connectivity index is 0.00000102. The van der Waals surface area contributed by atoms with E-state index in [1.807, 2.05) is 27.7 Å². The van der Waals surface area contributed by atoms with E-state index in [0.29, 0.717) is 5.56 Å². The molecule has 0 radical (unpaired) electrons. The molecule has 1 heterocycles. The predicted molar refractivity (Wildman–Crippen MR) is 85.9 cm³/mol. The number of aliphatic hydroxyl groups is 1. The van der Waals surface area contributed by atoms with Crippen molar-refractivity contribution in [3.05, 3.63) is 23.3 Å². The van der Waals surface area contributed by atoms with Gasteiger partial charge in [-0.2, -0.15) is 0 Å². The number of hydrogen-bond acceptors (Lipinski definition) is 5. The molecule has 0 saturated heterocycles. The molecule has 0 bridgehead atoms. The van der Waals surface area contributed by atoms with Crippen molar-refractivity contribution in [1.82, 2.24) is 0 Å². The van der Waals surface area contributed by atoms with Crippen LogP contribution in [0.5, 0.6) is 11.5 Å². The van der Waals surface area contributed by atoms with Gasteiger partial charge in [-0.1, -0.05) is 33.8 Å². The lowest BCUT2D eigenvalue weighted by molar-refractivity contribution is 0.0690. The minimum Gasteiger partial charge on any atom is -0.535 e. The van der Waals surface area contributed by atoms with Gasteiger partial charge in [-0.3, -0.25) is 0 Å². The fourth-order valence-corrected chi connectivity index (χ4v) is 2.13. The van der Waals surface area contributed by atoms with Crippen LogP contribution in [0.2, 0.25) is 6.32 Å². The van der Waals surface area contributed by atoms with Crippen LogP contribution in [0, 0.1) is 0 Å². The minimum absolute atomic E-state index is 0.0691. The number of hydrogen-bond donors (Lipinski definition) is 3. The highest BCUT2D eigenvalue weighted by Gasteiger charge is 2.35. The Morgan fingerprint density at radius 1 is 1.36 bits per heavy atom. The fraction of sp³-hybridized carbons (Fsp3) is 0.533. The molecule has 0 saturated carbocycles. The minimum atomic E-state index is -1.20. The first-order chi connectivity index (χ1) is 10.6. The number of fused-ring (bicyclic) bond motifs is 1. The summed E-state index contributed by atoms with van der Waals surface area (Å²) in [5, 5.41) is 28.0. The van der Waals surface area contributed by atoms with E-state index >= 15 is 0 Å². The Morgan fingerprint density at radius 2 is 1.95 bits per heavy atom. The van der Waals surface area contributed by atoms with Gasteiger partial charge in [-0.25, -0.2) is 4.79 Å². The number of aromatic carboxylic acids is 1. The smallest absolute Gasteiger partial charge is 0.523 e. The summed E-state index contributed by atoms with van der Waals surface area (Å²) in [4.78, 5) is 11.3. The van der Waals surface area contributed by atoms with Crippen LogP contribution in [-0.2, 0) is 0 Å². The lowest BCUT2D eigenvalue weighted by atomic mass is 9.72. The van der Waals surface area contributed by atoms with Gasteiger partial charge in [0.05, 0.1) is 7.11 Å². The zero-order valence-corrected chi connectivity index (χ0v) is 13.8. The summed E-state index contributed by atoms with van der Waals surface area (Å²) in [6, 6.07) is 3.17. The molecule has 7 heteroatoms. The third-order valence-electron chi connectivity index (χ3n) is 2.98. The van der Waals surface area contributed by atoms with Crippen molar-refractivity contribution in [2.75, 3.05) is 13.7 Å². The topological polar surface area (TPSA) is 96.2 Å². The molecule has 1 unspecified atom stereocenters.